The average molecular weight is 371 g/mol. The second-order valence-electron chi connectivity index (χ2n) is 8.48. The third-order valence-electron chi connectivity index (χ3n) is 6.92. The van der Waals surface area contributed by atoms with Gasteiger partial charge in [0.05, 0.1) is 7.11 Å². The number of carboxylic acids is 1. The van der Waals surface area contributed by atoms with Crippen LogP contribution >= 0.6 is 0 Å². The zero-order valence-electron chi connectivity index (χ0n) is 16.6. The van der Waals surface area contributed by atoms with E-state index in [-0.39, 0.29) is 0 Å². The number of hydrogen-bond acceptors (Lipinski definition) is 2. The van der Waals surface area contributed by atoms with Crippen LogP contribution < -0.4 is 4.74 Å². The number of ether oxygens (including phenoxy) is 1. The second kappa shape index (κ2) is 9.96. The van der Waals surface area contributed by atoms with Crippen LogP contribution in [0.3, 0.4) is 0 Å². The van der Waals surface area contributed by atoms with Gasteiger partial charge < -0.3 is 9.84 Å². The van der Waals surface area contributed by atoms with Crippen LogP contribution in [0.2, 0.25) is 0 Å². The van der Waals surface area contributed by atoms with E-state index in [0.29, 0.717) is 0 Å². The van der Waals surface area contributed by atoms with Crippen molar-refractivity contribution in [1.82, 2.24) is 0 Å². The van der Waals surface area contributed by atoms with Crippen molar-refractivity contribution >= 4 is 5.97 Å². The number of allylic oxidation sites excluding steroid dienone is 1. The van der Waals surface area contributed by atoms with Crippen molar-refractivity contribution in [2.45, 2.75) is 70.1 Å². The maximum atomic E-state index is 10.5. The van der Waals surface area contributed by atoms with Gasteiger partial charge in [0, 0.05) is 6.08 Å². The van der Waals surface area contributed by atoms with E-state index in [1.807, 2.05) is 6.08 Å². The smallest absolute Gasteiger partial charge is 0.327 e. The highest BCUT2D eigenvalue weighted by molar-refractivity contribution is 5.79. The predicted molar refractivity (Wildman–Crippen MR) is 109 cm³/mol. The van der Waals surface area contributed by atoms with Crippen LogP contribution in [0.25, 0.3) is 0 Å². The van der Waals surface area contributed by atoms with Crippen molar-refractivity contribution in [2.24, 2.45) is 17.8 Å². The van der Waals surface area contributed by atoms with Crippen LogP contribution in [0.5, 0.6) is 5.75 Å². The standard InChI is InChI=1S/C24H34O3/c1-27-23-16-14-22(15-17-23)21-12-10-20(11-13-21)19-8-6-18(7-9-19)4-2-3-5-24(25)26/h3,5,14-21H,2,4,6-13H2,1H3,(H,25,26)/b5-3+. The summed E-state index contributed by atoms with van der Waals surface area (Å²) in [6.07, 6.45) is 16.0. The molecule has 2 aliphatic carbocycles. The lowest BCUT2D eigenvalue weighted by molar-refractivity contribution is -0.131. The molecule has 0 amide bonds. The maximum absolute atomic E-state index is 10.5. The number of methoxy groups -OCH3 is 1. The Hall–Kier alpha value is -1.77. The predicted octanol–water partition coefficient (Wildman–Crippen LogP) is 6.20. The molecular weight excluding hydrogens is 336 g/mol. The van der Waals surface area contributed by atoms with Crippen LogP contribution in [-0.4, -0.2) is 18.2 Å². The molecule has 0 atom stereocenters. The first-order valence-electron chi connectivity index (χ1n) is 10.7. The highest BCUT2D eigenvalue weighted by atomic mass is 16.5. The lowest BCUT2D eigenvalue weighted by Gasteiger charge is -2.38. The fourth-order valence-corrected chi connectivity index (χ4v) is 5.26. The van der Waals surface area contributed by atoms with E-state index in [1.54, 1.807) is 7.11 Å². The summed E-state index contributed by atoms with van der Waals surface area (Å²) in [5, 5.41) is 8.65. The molecule has 2 aliphatic rings. The molecule has 148 valence electrons. The molecule has 0 unspecified atom stereocenters. The van der Waals surface area contributed by atoms with E-state index in [4.69, 9.17) is 9.84 Å². The normalized spacial score (nSPS) is 28.9. The largest absolute Gasteiger partial charge is 0.497 e. The molecule has 3 heteroatoms. The summed E-state index contributed by atoms with van der Waals surface area (Å²) in [6.45, 7) is 0. The Bertz CT molecular complexity index is 603. The van der Waals surface area contributed by atoms with E-state index in [0.717, 1.165) is 42.3 Å². The Labute approximate surface area is 163 Å². The molecule has 1 aromatic rings. The zero-order chi connectivity index (χ0) is 19.1. The van der Waals surface area contributed by atoms with Gasteiger partial charge in [-0.3, -0.25) is 0 Å². The molecule has 0 bridgehead atoms. The molecule has 1 N–H and O–H groups in total. The highest BCUT2D eigenvalue weighted by Crippen LogP contribution is 2.44. The van der Waals surface area contributed by atoms with Gasteiger partial charge in [0.2, 0.25) is 0 Å². The molecule has 3 rings (SSSR count). The summed E-state index contributed by atoms with van der Waals surface area (Å²) in [5.41, 5.74) is 1.48. The topological polar surface area (TPSA) is 46.5 Å². The number of carbonyl (C=O) groups is 1. The first kappa shape index (κ1) is 20.0. The van der Waals surface area contributed by atoms with Gasteiger partial charge in [-0.25, -0.2) is 4.79 Å². The summed E-state index contributed by atoms with van der Waals surface area (Å²) in [7, 11) is 1.72. The van der Waals surface area contributed by atoms with Crippen LogP contribution in [0.1, 0.15) is 75.7 Å². The average Bonchev–Trinajstić information content (AvgIpc) is 2.72. The minimum atomic E-state index is -0.830. The van der Waals surface area contributed by atoms with E-state index >= 15 is 0 Å². The molecule has 27 heavy (non-hydrogen) atoms. The molecule has 0 aliphatic heterocycles. The minimum absolute atomic E-state index is 0.726. The Morgan fingerprint density at radius 2 is 1.59 bits per heavy atom. The summed E-state index contributed by atoms with van der Waals surface area (Å²) in [4.78, 5) is 10.5. The Morgan fingerprint density at radius 1 is 1.00 bits per heavy atom. The van der Waals surface area contributed by atoms with Gasteiger partial charge in [0.25, 0.3) is 0 Å². The molecule has 3 nitrogen and oxygen atoms in total. The molecular formula is C24H34O3. The van der Waals surface area contributed by atoms with Gasteiger partial charge in [-0.1, -0.05) is 31.1 Å². The third kappa shape index (κ3) is 5.85. The number of hydrogen-bond donors (Lipinski definition) is 1. The monoisotopic (exact) mass is 370 g/mol. The van der Waals surface area contributed by atoms with Gasteiger partial charge in [-0.2, -0.15) is 0 Å². The summed E-state index contributed by atoms with van der Waals surface area (Å²) >= 11 is 0. The first-order valence-corrected chi connectivity index (χ1v) is 10.7. The lowest BCUT2D eigenvalue weighted by Crippen LogP contribution is -2.25. The molecule has 0 spiro atoms. The Balaban J connectivity index is 1.38. The third-order valence-corrected chi connectivity index (χ3v) is 6.92. The van der Waals surface area contributed by atoms with E-state index in [2.05, 4.69) is 24.3 Å². The van der Waals surface area contributed by atoms with Gasteiger partial charge in [0.1, 0.15) is 5.75 Å². The van der Waals surface area contributed by atoms with Crippen LogP contribution in [-0.2, 0) is 4.79 Å². The second-order valence-corrected chi connectivity index (χ2v) is 8.48. The first-order chi connectivity index (χ1) is 13.2. The zero-order valence-corrected chi connectivity index (χ0v) is 16.6. The number of carboxylic acid groups (broad SMARTS) is 1. The maximum Gasteiger partial charge on any atom is 0.327 e. The van der Waals surface area contributed by atoms with Crippen LogP contribution in [0.15, 0.2) is 36.4 Å². The lowest BCUT2D eigenvalue weighted by atomic mass is 9.68. The van der Waals surface area contributed by atoms with Crippen LogP contribution in [0.4, 0.5) is 0 Å². The van der Waals surface area contributed by atoms with Crippen molar-refractivity contribution in [1.29, 1.82) is 0 Å². The SMILES string of the molecule is COc1ccc(C2CCC(C3CCC(CC/C=C/C(=O)O)CC3)CC2)cc1. The minimum Gasteiger partial charge on any atom is -0.497 e. The van der Waals surface area contributed by atoms with Crippen molar-refractivity contribution < 1.29 is 14.6 Å². The summed E-state index contributed by atoms with van der Waals surface area (Å²) < 4.78 is 5.27. The Kier molecular flexibility index (Phi) is 7.37. The molecule has 2 saturated carbocycles. The highest BCUT2D eigenvalue weighted by Gasteiger charge is 2.31. The molecule has 2 fully saturated rings. The molecule has 0 saturated heterocycles. The van der Waals surface area contributed by atoms with Gasteiger partial charge in [-0.15, -0.1) is 0 Å². The van der Waals surface area contributed by atoms with Crippen molar-refractivity contribution in [3.05, 3.63) is 42.0 Å². The van der Waals surface area contributed by atoms with Gasteiger partial charge >= 0.3 is 5.97 Å². The number of aliphatic carboxylic acids is 1. The summed E-state index contributed by atoms with van der Waals surface area (Å²) in [6, 6.07) is 8.67. The van der Waals surface area contributed by atoms with E-state index in [9.17, 15) is 4.79 Å². The van der Waals surface area contributed by atoms with Crippen LogP contribution in [0, 0.1) is 17.8 Å². The van der Waals surface area contributed by atoms with E-state index < -0.39 is 5.97 Å². The van der Waals surface area contributed by atoms with Gasteiger partial charge in [0.15, 0.2) is 0 Å². The molecule has 0 radical (unpaired) electrons. The fraction of sp³-hybridized carbons (Fsp3) is 0.625. The van der Waals surface area contributed by atoms with Crippen molar-refractivity contribution in [3.8, 4) is 5.75 Å². The molecule has 0 aromatic heterocycles. The number of benzene rings is 1. The Morgan fingerprint density at radius 3 is 2.15 bits per heavy atom. The van der Waals surface area contributed by atoms with E-state index in [1.165, 1.54) is 63.0 Å². The number of rotatable bonds is 7. The molecule has 1 aromatic carbocycles. The van der Waals surface area contributed by atoms with Crippen molar-refractivity contribution in [3.63, 3.8) is 0 Å². The fourth-order valence-electron chi connectivity index (χ4n) is 5.26. The van der Waals surface area contributed by atoms with Gasteiger partial charge in [-0.05, 0) is 92.7 Å². The summed E-state index contributed by atoms with van der Waals surface area (Å²) in [5.74, 6) is 3.49. The quantitative estimate of drug-likeness (QED) is 0.582. The molecule has 0 heterocycles. The van der Waals surface area contributed by atoms with Crippen molar-refractivity contribution in [2.75, 3.05) is 7.11 Å².